The topological polar surface area (TPSA) is 38.3 Å². The first kappa shape index (κ1) is 17.6. The van der Waals surface area contributed by atoms with Gasteiger partial charge in [-0.2, -0.15) is 0 Å². The van der Waals surface area contributed by atoms with E-state index in [1.807, 2.05) is 43.3 Å². The second-order valence-electron chi connectivity index (χ2n) is 6.30. The number of carbonyl (C=O) groups is 1. The van der Waals surface area contributed by atoms with Crippen LogP contribution in [0.3, 0.4) is 0 Å². The van der Waals surface area contributed by atoms with Gasteiger partial charge in [-0.1, -0.05) is 55.5 Å². The van der Waals surface area contributed by atoms with E-state index in [1.165, 1.54) is 0 Å². The Balaban J connectivity index is 2.40. The van der Waals surface area contributed by atoms with E-state index in [9.17, 15) is 4.79 Å². The normalized spacial score (nSPS) is 11.2. The Morgan fingerprint density at radius 3 is 2.48 bits per heavy atom. The highest BCUT2D eigenvalue weighted by atomic mass is 35.5. The minimum atomic E-state index is -1.69. The fourth-order valence-corrected chi connectivity index (χ4v) is 4.35. The zero-order valence-electron chi connectivity index (χ0n) is 13.9. The van der Waals surface area contributed by atoms with Gasteiger partial charge in [-0.3, -0.25) is 4.79 Å². The van der Waals surface area contributed by atoms with Crippen LogP contribution < -0.4 is 15.2 Å². The summed E-state index contributed by atoms with van der Waals surface area (Å²) in [5, 5.41) is 4.47. The quantitative estimate of drug-likeness (QED) is 0.806. The van der Waals surface area contributed by atoms with E-state index in [0.717, 1.165) is 5.19 Å². The predicted molar refractivity (Wildman–Crippen MR) is 100.0 cm³/mol. The Morgan fingerprint density at radius 2 is 1.83 bits per heavy atom. The summed E-state index contributed by atoms with van der Waals surface area (Å²) in [6.07, 6.45) is 0. The summed E-state index contributed by atoms with van der Waals surface area (Å²) in [6.45, 7) is 9.05. The summed E-state index contributed by atoms with van der Waals surface area (Å²) in [4.78, 5) is 12.8. The van der Waals surface area contributed by atoms with Crippen molar-refractivity contribution in [2.75, 3.05) is 11.9 Å². The first-order chi connectivity index (χ1) is 10.8. The predicted octanol–water partition coefficient (Wildman–Crippen LogP) is 4.54. The third kappa shape index (κ3) is 4.15. The number of para-hydroxylation sites is 2. The second-order valence-corrected chi connectivity index (χ2v) is 11.7. The summed E-state index contributed by atoms with van der Waals surface area (Å²) in [5.74, 6) is 0.463. The molecule has 0 atom stereocenters. The van der Waals surface area contributed by atoms with Crippen molar-refractivity contribution in [3.05, 3.63) is 53.1 Å². The van der Waals surface area contributed by atoms with E-state index in [4.69, 9.17) is 16.3 Å². The lowest BCUT2D eigenvalue weighted by Gasteiger charge is -2.21. The van der Waals surface area contributed by atoms with Crippen LogP contribution in [-0.4, -0.2) is 20.6 Å². The minimum absolute atomic E-state index is 0.194. The standard InChI is InChI=1S/C18H22ClNO2Si/c1-5-22-15-11-7-6-10-14(15)20-18(21)17-13(19)9-8-12-16(17)23(2,3)4/h6-12H,5H2,1-4H3,(H,20,21). The highest BCUT2D eigenvalue weighted by molar-refractivity contribution is 6.89. The van der Waals surface area contributed by atoms with Gasteiger partial charge < -0.3 is 10.1 Å². The van der Waals surface area contributed by atoms with Crippen LogP contribution in [0.4, 0.5) is 5.69 Å². The van der Waals surface area contributed by atoms with Crippen LogP contribution in [0.15, 0.2) is 42.5 Å². The van der Waals surface area contributed by atoms with Gasteiger partial charge in [-0.25, -0.2) is 0 Å². The maximum absolute atomic E-state index is 12.8. The first-order valence-corrected chi connectivity index (χ1v) is 11.5. The molecule has 1 N–H and O–H groups in total. The highest BCUT2D eigenvalue weighted by Crippen LogP contribution is 2.25. The van der Waals surface area contributed by atoms with Crippen LogP contribution in [0.1, 0.15) is 17.3 Å². The molecule has 0 saturated carbocycles. The van der Waals surface area contributed by atoms with Gasteiger partial charge in [-0.05, 0) is 30.3 Å². The third-order valence-corrected chi connectivity index (χ3v) is 5.83. The monoisotopic (exact) mass is 347 g/mol. The molecule has 2 aromatic carbocycles. The van der Waals surface area contributed by atoms with E-state index in [0.29, 0.717) is 28.6 Å². The molecule has 3 nitrogen and oxygen atoms in total. The van der Waals surface area contributed by atoms with Crippen molar-refractivity contribution in [3.63, 3.8) is 0 Å². The molecule has 0 aliphatic carbocycles. The molecule has 0 heterocycles. The second kappa shape index (κ2) is 7.19. The average Bonchev–Trinajstić information content (AvgIpc) is 2.48. The van der Waals surface area contributed by atoms with E-state index < -0.39 is 8.07 Å². The van der Waals surface area contributed by atoms with Crippen molar-refractivity contribution < 1.29 is 9.53 Å². The molecule has 0 fully saturated rings. The smallest absolute Gasteiger partial charge is 0.257 e. The molecule has 5 heteroatoms. The van der Waals surface area contributed by atoms with E-state index in [2.05, 4.69) is 25.0 Å². The van der Waals surface area contributed by atoms with Gasteiger partial charge in [0.1, 0.15) is 5.75 Å². The summed E-state index contributed by atoms with van der Waals surface area (Å²) in [6, 6.07) is 13.1. The van der Waals surface area contributed by atoms with Gasteiger partial charge in [0.05, 0.1) is 31.0 Å². The van der Waals surface area contributed by atoms with E-state index >= 15 is 0 Å². The van der Waals surface area contributed by atoms with Crippen LogP contribution >= 0.6 is 11.6 Å². The van der Waals surface area contributed by atoms with Crippen LogP contribution in [0.5, 0.6) is 5.75 Å². The van der Waals surface area contributed by atoms with Crippen LogP contribution in [0.2, 0.25) is 24.7 Å². The fourth-order valence-electron chi connectivity index (χ4n) is 2.42. The van der Waals surface area contributed by atoms with Crippen molar-refractivity contribution in [1.29, 1.82) is 0 Å². The molecule has 0 bridgehead atoms. The molecule has 122 valence electrons. The van der Waals surface area contributed by atoms with Crippen molar-refractivity contribution in [2.45, 2.75) is 26.6 Å². The molecule has 2 aromatic rings. The van der Waals surface area contributed by atoms with Crippen molar-refractivity contribution >= 4 is 36.5 Å². The van der Waals surface area contributed by atoms with Crippen LogP contribution in [0, 0.1) is 0 Å². The Hall–Kier alpha value is -1.78. The molecule has 23 heavy (non-hydrogen) atoms. The Morgan fingerprint density at radius 1 is 1.13 bits per heavy atom. The number of carbonyl (C=O) groups excluding carboxylic acids is 1. The highest BCUT2D eigenvalue weighted by Gasteiger charge is 2.25. The van der Waals surface area contributed by atoms with Gasteiger partial charge in [0, 0.05) is 0 Å². The summed E-state index contributed by atoms with van der Waals surface area (Å²) < 4.78 is 5.56. The van der Waals surface area contributed by atoms with Crippen molar-refractivity contribution in [1.82, 2.24) is 0 Å². The molecular formula is C18H22ClNO2Si. The molecule has 0 unspecified atom stereocenters. The van der Waals surface area contributed by atoms with E-state index in [-0.39, 0.29) is 5.91 Å². The molecule has 0 aliphatic rings. The maximum Gasteiger partial charge on any atom is 0.257 e. The fraction of sp³-hybridized carbons (Fsp3) is 0.278. The van der Waals surface area contributed by atoms with Gasteiger partial charge in [-0.15, -0.1) is 0 Å². The van der Waals surface area contributed by atoms with Gasteiger partial charge in [0.25, 0.3) is 5.91 Å². The number of rotatable bonds is 5. The average molecular weight is 348 g/mol. The largest absolute Gasteiger partial charge is 0.492 e. The summed E-state index contributed by atoms with van der Waals surface area (Å²) in [5.41, 5.74) is 1.22. The number of halogens is 1. The summed E-state index contributed by atoms with van der Waals surface area (Å²) in [7, 11) is -1.69. The number of amides is 1. The lowest BCUT2D eigenvalue weighted by molar-refractivity contribution is 0.102. The lowest BCUT2D eigenvalue weighted by atomic mass is 10.2. The zero-order valence-corrected chi connectivity index (χ0v) is 15.7. The minimum Gasteiger partial charge on any atom is -0.492 e. The number of ether oxygens (including phenoxy) is 1. The molecular weight excluding hydrogens is 326 g/mol. The number of anilines is 1. The third-order valence-electron chi connectivity index (χ3n) is 3.48. The maximum atomic E-state index is 12.8. The van der Waals surface area contributed by atoms with Gasteiger partial charge in [0.2, 0.25) is 0 Å². The number of benzene rings is 2. The molecule has 2 rings (SSSR count). The molecule has 0 aromatic heterocycles. The van der Waals surface area contributed by atoms with Gasteiger partial charge in [0.15, 0.2) is 0 Å². The van der Waals surface area contributed by atoms with Crippen molar-refractivity contribution in [2.24, 2.45) is 0 Å². The van der Waals surface area contributed by atoms with Crippen molar-refractivity contribution in [3.8, 4) is 5.75 Å². The molecule has 0 spiro atoms. The number of nitrogens with one attached hydrogen (secondary N) is 1. The van der Waals surface area contributed by atoms with Crippen LogP contribution in [-0.2, 0) is 0 Å². The number of hydrogen-bond donors (Lipinski definition) is 1. The SMILES string of the molecule is CCOc1ccccc1NC(=O)c1c(Cl)cccc1[Si](C)(C)C. The van der Waals surface area contributed by atoms with E-state index in [1.54, 1.807) is 6.07 Å². The molecule has 0 saturated heterocycles. The Kier molecular flexibility index (Phi) is 5.49. The van der Waals surface area contributed by atoms with Gasteiger partial charge >= 0.3 is 0 Å². The Labute approximate surface area is 143 Å². The molecule has 0 aliphatic heterocycles. The van der Waals surface area contributed by atoms with Crippen LogP contribution in [0.25, 0.3) is 0 Å². The first-order valence-electron chi connectivity index (χ1n) is 7.66. The zero-order chi connectivity index (χ0) is 17.0. The Bertz CT molecular complexity index is 710. The number of hydrogen-bond acceptors (Lipinski definition) is 2. The molecule has 0 radical (unpaired) electrons. The lowest BCUT2D eigenvalue weighted by Crippen LogP contribution is -2.42. The molecule has 1 amide bonds. The summed E-state index contributed by atoms with van der Waals surface area (Å²) >= 11 is 6.33.